The van der Waals surface area contributed by atoms with E-state index in [4.69, 9.17) is 9.47 Å². The zero-order chi connectivity index (χ0) is 13.8. The van der Waals surface area contributed by atoms with E-state index in [2.05, 4.69) is 0 Å². The number of rotatable bonds is 5. The minimum atomic E-state index is -0.731. The van der Waals surface area contributed by atoms with E-state index in [0.717, 1.165) is 5.56 Å². The first-order valence-corrected chi connectivity index (χ1v) is 6.24. The molecule has 1 aromatic rings. The first-order valence-electron chi connectivity index (χ1n) is 6.24. The molecule has 0 spiro atoms. The summed E-state index contributed by atoms with van der Waals surface area (Å²) < 4.78 is 9.90. The second-order valence-electron chi connectivity index (χ2n) is 4.41. The van der Waals surface area contributed by atoms with Gasteiger partial charge in [-0.15, -0.1) is 0 Å². The average molecular weight is 263 g/mol. The van der Waals surface area contributed by atoms with Gasteiger partial charge in [-0.2, -0.15) is 0 Å². The Bertz CT molecular complexity index is 460. The lowest BCUT2D eigenvalue weighted by molar-refractivity contribution is -0.144. The first kappa shape index (κ1) is 13.5. The monoisotopic (exact) mass is 263 g/mol. The predicted octanol–water partition coefficient (Wildman–Crippen LogP) is 0.975. The van der Waals surface area contributed by atoms with Gasteiger partial charge >= 0.3 is 5.97 Å². The molecule has 1 aliphatic rings. The van der Waals surface area contributed by atoms with Crippen LogP contribution in [-0.2, 0) is 25.6 Å². The molecule has 0 bridgehead atoms. The van der Waals surface area contributed by atoms with Gasteiger partial charge in [-0.1, -0.05) is 30.3 Å². The van der Waals surface area contributed by atoms with Gasteiger partial charge in [0, 0.05) is 13.6 Å². The second-order valence-corrected chi connectivity index (χ2v) is 4.41. The van der Waals surface area contributed by atoms with Gasteiger partial charge in [0.2, 0.25) is 0 Å². The van der Waals surface area contributed by atoms with Crippen molar-refractivity contribution in [1.82, 2.24) is 4.90 Å². The van der Waals surface area contributed by atoms with E-state index in [0.29, 0.717) is 13.2 Å². The Morgan fingerprint density at radius 2 is 1.95 bits per heavy atom. The van der Waals surface area contributed by atoms with E-state index < -0.39 is 18.2 Å². The van der Waals surface area contributed by atoms with Crippen molar-refractivity contribution in [3.05, 3.63) is 35.9 Å². The molecular formula is C14H17NO4. The molecule has 5 nitrogen and oxygen atoms in total. The highest BCUT2D eigenvalue weighted by atomic mass is 16.6. The van der Waals surface area contributed by atoms with Crippen LogP contribution < -0.4 is 0 Å². The Hall–Kier alpha value is -1.88. The predicted molar refractivity (Wildman–Crippen MR) is 68.2 cm³/mol. The van der Waals surface area contributed by atoms with Gasteiger partial charge in [0.1, 0.15) is 0 Å². The maximum atomic E-state index is 12.0. The molecule has 2 unspecified atom stereocenters. The Balaban J connectivity index is 1.86. The molecule has 102 valence electrons. The molecule has 1 amide bonds. The average Bonchev–Trinajstić information content (AvgIpc) is 3.19. The zero-order valence-corrected chi connectivity index (χ0v) is 11.0. The molecular weight excluding hydrogens is 246 g/mol. The summed E-state index contributed by atoms with van der Waals surface area (Å²) in [5, 5.41) is 0. The lowest BCUT2D eigenvalue weighted by atomic mass is 10.2. The fraction of sp³-hybridized carbons (Fsp3) is 0.429. The number of benzene rings is 1. The molecule has 1 aromatic carbocycles. The fourth-order valence-corrected chi connectivity index (χ4v) is 1.86. The summed E-state index contributed by atoms with van der Waals surface area (Å²) in [6.07, 6.45) is -1.42. The number of amides is 1. The van der Waals surface area contributed by atoms with Crippen molar-refractivity contribution in [2.75, 3.05) is 13.7 Å². The van der Waals surface area contributed by atoms with Crippen molar-refractivity contribution >= 4 is 11.9 Å². The summed E-state index contributed by atoms with van der Waals surface area (Å²) in [6.45, 7) is 2.51. The lowest BCUT2D eigenvalue weighted by Crippen LogP contribution is -2.32. The Morgan fingerprint density at radius 1 is 1.26 bits per heavy atom. The molecule has 2 rings (SSSR count). The van der Waals surface area contributed by atoms with Gasteiger partial charge in [0.05, 0.1) is 6.61 Å². The largest absolute Gasteiger partial charge is 0.464 e. The summed E-state index contributed by atoms with van der Waals surface area (Å²) >= 11 is 0. The smallest absolute Gasteiger partial charge is 0.338 e. The van der Waals surface area contributed by atoms with Crippen LogP contribution in [0.15, 0.2) is 30.3 Å². The minimum absolute atomic E-state index is 0.193. The van der Waals surface area contributed by atoms with Gasteiger partial charge in [-0.25, -0.2) is 4.79 Å². The lowest BCUT2D eigenvalue weighted by Gasteiger charge is -2.15. The number of ether oxygens (including phenoxy) is 2. The van der Waals surface area contributed by atoms with Gasteiger partial charge in [0.15, 0.2) is 12.2 Å². The van der Waals surface area contributed by atoms with Gasteiger partial charge in [0.25, 0.3) is 5.91 Å². The zero-order valence-electron chi connectivity index (χ0n) is 11.0. The number of esters is 1. The molecule has 5 heteroatoms. The van der Waals surface area contributed by atoms with E-state index in [1.807, 2.05) is 30.3 Å². The van der Waals surface area contributed by atoms with Crippen molar-refractivity contribution in [2.24, 2.45) is 0 Å². The van der Waals surface area contributed by atoms with Crippen LogP contribution >= 0.6 is 0 Å². The fourth-order valence-electron chi connectivity index (χ4n) is 1.86. The third-order valence-electron chi connectivity index (χ3n) is 2.89. The number of carbonyl (C=O) groups excluding carboxylic acids is 2. The quantitative estimate of drug-likeness (QED) is 0.587. The van der Waals surface area contributed by atoms with Crippen LogP contribution in [0, 0.1) is 0 Å². The molecule has 1 aliphatic heterocycles. The van der Waals surface area contributed by atoms with E-state index in [1.54, 1.807) is 18.9 Å². The summed E-state index contributed by atoms with van der Waals surface area (Å²) in [7, 11) is 1.69. The Labute approximate surface area is 112 Å². The summed E-state index contributed by atoms with van der Waals surface area (Å²) in [5.74, 6) is -0.657. The van der Waals surface area contributed by atoms with Crippen LogP contribution in [0.5, 0.6) is 0 Å². The van der Waals surface area contributed by atoms with Gasteiger partial charge < -0.3 is 14.4 Å². The number of likely N-dealkylation sites (N-methyl/N-ethyl adjacent to an activating group) is 1. The third-order valence-corrected chi connectivity index (χ3v) is 2.89. The molecule has 0 radical (unpaired) electrons. The maximum Gasteiger partial charge on any atom is 0.338 e. The van der Waals surface area contributed by atoms with Crippen LogP contribution in [0.25, 0.3) is 0 Å². The minimum Gasteiger partial charge on any atom is -0.464 e. The van der Waals surface area contributed by atoms with Crippen LogP contribution in [0.1, 0.15) is 12.5 Å². The summed E-state index contributed by atoms with van der Waals surface area (Å²) in [6, 6.07) is 9.65. The number of nitrogens with zero attached hydrogens (tertiary/aromatic N) is 1. The van der Waals surface area contributed by atoms with Crippen molar-refractivity contribution in [3.63, 3.8) is 0 Å². The first-order chi connectivity index (χ1) is 9.13. The van der Waals surface area contributed by atoms with E-state index in [1.165, 1.54) is 0 Å². The van der Waals surface area contributed by atoms with Crippen molar-refractivity contribution < 1.29 is 19.1 Å². The van der Waals surface area contributed by atoms with E-state index in [-0.39, 0.29) is 5.91 Å². The molecule has 0 aromatic heterocycles. The Morgan fingerprint density at radius 3 is 2.58 bits per heavy atom. The summed E-state index contributed by atoms with van der Waals surface area (Å²) in [4.78, 5) is 25.0. The number of hydrogen-bond donors (Lipinski definition) is 0. The summed E-state index contributed by atoms with van der Waals surface area (Å²) in [5.41, 5.74) is 1.03. The highest BCUT2D eigenvalue weighted by Gasteiger charge is 2.52. The topological polar surface area (TPSA) is 59.1 Å². The standard InChI is InChI=1S/C14H17NO4/c1-3-18-14(17)12-11(19-12)13(16)15(2)9-10-7-5-4-6-8-10/h4-8,11-12H,3,9H2,1-2H3. The number of carbonyl (C=O) groups is 2. The molecule has 1 saturated heterocycles. The van der Waals surface area contributed by atoms with E-state index >= 15 is 0 Å². The van der Waals surface area contributed by atoms with Crippen molar-refractivity contribution in [3.8, 4) is 0 Å². The van der Waals surface area contributed by atoms with Crippen LogP contribution in [0.3, 0.4) is 0 Å². The van der Waals surface area contributed by atoms with Crippen LogP contribution in [0.4, 0.5) is 0 Å². The van der Waals surface area contributed by atoms with Crippen molar-refractivity contribution in [1.29, 1.82) is 0 Å². The van der Waals surface area contributed by atoms with Crippen LogP contribution in [0.2, 0.25) is 0 Å². The number of epoxide rings is 1. The van der Waals surface area contributed by atoms with E-state index in [9.17, 15) is 9.59 Å². The normalized spacial score (nSPS) is 20.7. The number of hydrogen-bond acceptors (Lipinski definition) is 4. The SMILES string of the molecule is CCOC(=O)C1OC1C(=O)N(C)Cc1ccccc1. The van der Waals surface area contributed by atoms with Crippen LogP contribution in [-0.4, -0.2) is 42.6 Å². The molecule has 1 fully saturated rings. The highest BCUT2D eigenvalue weighted by Crippen LogP contribution is 2.25. The molecule has 1 heterocycles. The molecule has 0 saturated carbocycles. The highest BCUT2D eigenvalue weighted by molar-refractivity contribution is 5.92. The van der Waals surface area contributed by atoms with Crippen molar-refractivity contribution in [2.45, 2.75) is 25.7 Å². The molecule has 0 N–H and O–H groups in total. The third kappa shape index (κ3) is 3.32. The second kappa shape index (κ2) is 5.84. The van der Waals surface area contributed by atoms with Gasteiger partial charge in [-0.05, 0) is 12.5 Å². The van der Waals surface area contributed by atoms with Gasteiger partial charge in [-0.3, -0.25) is 4.79 Å². The molecule has 19 heavy (non-hydrogen) atoms. The molecule has 2 atom stereocenters. The Kier molecular flexibility index (Phi) is 4.16. The maximum absolute atomic E-state index is 12.0. The molecule has 0 aliphatic carbocycles.